The Balaban J connectivity index is 2.91. The highest BCUT2D eigenvalue weighted by Gasteiger charge is 2.39. The molecule has 1 heterocycles. The third kappa shape index (κ3) is 3.68. The van der Waals surface area contributed by atoms with Crippen LogP contribution in [0.2, 0.25) is 0 Å². The van der Waals surface area contributed by atoms with Gasteiger partial charge in [-0.2, -0.15) is 0 Å². The van der Waals surface area contributed by atoms with E-state index in [2.05, 4.69) is 46.8 Å². The van der Waals surface area contributed by atoms with Crippen molar-refractivity contribution < 1.29 is 9.47 Å². The summed E-state index contributed by atoms with van der Waals surface area (Å²) in [6.07, 6.45) is 4.68. The van der Waals surface area contributed by atoms with Gasteiger partial charge in [0.15, 0.2) is 5.79 Å². The van der Waals surface area contributed by atoms with E-state index in [0.717, 1.165) is 0 Å². The summed E-state index contributed by atoms with van der Waals surface area (Å²) in [5.41, 5.74) is 2.55. The molecular formula is C15H26O2. The summed E-state index contributed by atoms with van der Waals surface area (Å²) in [6.45, 7) is 14.6. The Hall–Kier alpha value is -0.600. The van der Waals surface area contributed by atoms with Crippen molar-refractivity contribution in [1.29, 1.82) is 0 Å². The summed E-state index contributed by atoms with van der Waals surface area (Å²) in [6, 6.07) is 0. The normalized spacial score (nSPS) is 34.9. The molecule has 0 N–H and O–H groups in total. The van der Waals surface area contributed by atoms with E-state index in [9.17, 15) is 0 Å². The van der Waals surface area contributed by atoms with E-state index in [0.29, 0.717) is 5.92 Å². The van der Waals surface area contributed by atoms with E-state index >= 15 is 0 Å². The van der Waals surface area contributed by atoms with Gasteiger partial charge < -0.3 is 9.47 Å². The van der Waals surface area contributed by atoms with Crippen molar-refractivity contribution in [1.82, 2.24) is 0 Å². The molecule has 1 fully saturated rings. The van der Waals surface area contributed by atoms with Crippen LogP contribution in [0.3, 0.4) is 0 Å². The van der Waals surface area contributed by atoms with Crippen molar-refractivity contribution in [3.05, 3.63) is 23.3 Å². The van der Waals surface area contributed by atoms with E-state index in [1.54, 1.807) is 0 Å². The lowest BCUT2D eigenvalue weighted by Crippen LogP contribution is -2.49. The molecule has 1 rings (SSSR count). The molecule has 0 aliphatic carbocycles. The first-order valence-corrected chi connectivity index (χ1v) is 6.43. The van der Waals surface area contributed by atoms with Crippen LogP contribution in [0.15, 0.2) is 23.3 Å². The van der Waals surface area contributed by atoms with Crippen LogP contribution in [0.5, 0.6) is 0 Å². The Labute approximate surface area is 106 Å². The highest BCUT2D eigenvalue weighted by Crippen LogP contribution is 2.34. The van der Waals surface area contributed by atoms with E-state index < -0.39 is 5.79 Å². The monoisotopic (exact) mass is 238 g/mol. The van der Waals surface area contributed by atoms with Crippen LogP contribution in [0.1, 0.15) is 48.5 Å². The summed E-state index contributed by atoms with van der Waals surface area (Å²) < 4.78 is 11.9. The maximum Gasteiger partial charge on any atom is 0.163 e. The molecule has 0 aromatic rings. The lowest BCUT2D eigenvalue weighted by molar-refractivity contribution is -0.307. The standard InChI is InChI=1S/C15H26O2/c1-8-10(2)9-11(3)14-12(4)13(5)16-15(6,7)17-14/h8-9,12-14H,1-7H3/b10-8+,11-9+/t12-,13+,14?/m0/s1. The Morgan fingerprint density at radius 2 is 1.71 bits per heavy atom. The van der Waals surface area contributed by atoms with Gasteiger partial charge in [-0.05, 0) is 47.1 Å². The molecule has 2 heteroatoms. The average Bonchev–Trinajstić information content (AvgIpc) is 2.22. The van der Waals surface area contributed by atoms with Crippen molar-refractivity contribution in [3.8, 4) is 0 Å². The largest absolute Gasteiger partial charge is 0.347 e. The van der Waals surface area contributed by atoms with Crippen LogP contribution in [-0.4, -0.2) is 18.0 Å². The van der Waals surface area contributed by atoms with Crippen molar-refractivity contribution in [3.63, 3.8) is 0 Å². The molecule has 0 aromatic carbocycles. The van der Waals surface area contributed by atoms with Crippen molar-refractivity contribution >= 4 is 0 Å². The van der Waals surface area contributed by atoms with Crippen LogP contribution in [0.25, 0.3) is 0 Å². The molecule has 2 nitrogen and oxygen atoms in total. The SMILES string of the molecule is C/C=C(C)/C=C(\C)C1OC(C)(C)O[C@H](C)[C@@H]1C. The highest BCUT2D eigenvalue weighted by molar-refractivity contribution is 5.23. The van der Waals surface area contributed by atoms with E-state index in [1.165, 1.54) is 11.1 Å². The highest BCUT2D eigenvalue weighted by atomic mass is 16.7. The lowest BCUT2D eigenvalue weighted by atomic mass is 9.91. The molecule has 1 unspecified atom stereocenters. The maximum atomic E-state index is 6.05. The molecule has 17 heavy (non-hydrogen) atoms. The van der Waals surface area contributed by atoms with Gasteiger partial charge in [-0.15, -0.1) is 0 Å². The van der Waals surface area contributed by atoms with Crippen LogP contribution in [-0.2, 0) is 9.47 Å². The summed E-state index contributed by atoms with van der Waals surface area (Å²) in [5, 5.41) is 0. The molecule has 0 saturated carbocycles. The fourth-order valence-corrected chi connectivity index (χ4v) is 2.27. The minimum Gasteiger partial charge on any atom is -0.347 e. The zero-order valence-electron chi connectivity index (χ0n) is 12.2. The quantitative estimate of drug-likeness (QED) is 0.675. The van der Waals surface area contributed by atoms with Crippen LogP contribution in [0.4, 0.5) is 0 Å². The van der Waals surface area contributed by atoms with Gasteiger partial charge in [0.05, 0.1) is 12.2 Å². The van der Waals surface area contributed by atoms with E-state index in [1.807, 2.05) is 13.8 Å². The number of ether oxygens (including phenoxy) is 2. The fraction of sp³-hybridized carbons (Fsp3) is 0.733. The first-order chi connectivity index (χ1) is 7.76. The number of allylic oxidation sites excluding steroid dienone is 3. The Morgan fingerprint density at radius 3 is 2.24 bits per heavy atom. The van der Waals surface area contributed by atoms with Crippen molar-refractivity contribution in [2.24, 2.45) is 5.92 Å². The predicted octanol–water partition coefficient (Wildman–Crippen LogP) is 4.08. The zero-order valence-corrected chi connectivity index (χ0v) is 12.2. The molecule has 0 aromatic heterocycles. The molecule has 0 amide bonds. The summed E-state index contributed by atoms with van der Waals surface area (Å²) in [4.78, 5) is 0. The molecular weight excluding hydrogens is 212 g/mol. The van der Waals surface area contributed by atoms with Crippen LogP contribution >= 0.6 is 0 Å². The number of hydrogen-bond acceptors (Lipinski definition) is 2. The van der Waals surface area contributed by atoms with Gasteiger partial charge in [0, 0.05) is 5.92 Å². The smallest absolute Gasteiger partial charge is 0.163 e. The zero-order chi connectivity index (χ0) is 13.2. The first kappa shape index (κ1) is 14.5. The minimum atomic E-state index is -0.491. The molecule has 0 radical (unpaired) electrons. The topological polar surface area (TPSA) is 18.5 Å². The van der Waals surface area contributed by atoms with E-state index in [-0.39, 0.29) is 12.2 Å². The van der Waals surface area contributed by atoms with Gasteiger partial charge >= 0.3 is 0 Å². The number of rotatable bonds is 2. The van der Waals surface area contributed by atoms with Gasteiger partial charge in [-0.1, -0.05) is 24.6 Å². The Morgan fingerprint density at radius 1 is 1.12 bits per heavy atom. The molecule has 98 valence electrons. The van der Waals surface area contributed by atoms with Crippen LogP contribution < -0.4 is 0 Å². The third-order valence-corrected chi connectivity index (χ3v) is 3.46. The molecule has 1 aliphatic rings. The van der Waals surface area contributed by atoms with Gasteiger partial charge in [0.1, 0.15) is 0 Å². The second-order valence-corrected chi connectivity index (χ2v) is 5.54. The van der Waals surface area contributed by atoms with Gasteiger partial charge in [0.2, 0.25) is 0 Å². The second kappa shape index (κ2) is 5.36. The van der Waals surface area contributed by atoms with Gasteiger partial charge in [-0.25, -0.2) is 0 Å². The molecule has 0 bridgehead atoms. The summed E-state index contributed by atoms with van der Waals surface area (Å²) in [5.74, 6) is -0.112. The van der Waals surface area contributed by atoms with E-state index in [4.69, 9.17) is 9.47 Å². The second-order valence-electron chi connectivity index (χ2n) is 5.54. The van der Waals surface area contributed by atoms with Crippen LogP contribution in [0, 0.1) is 5.92 Å². The minimum absolute atomic E-state index is 0.142. The van der Waals surface area contributed by atoms with Gasteiger partial charge in [0.25, 0.3) is 0 Å². The number of hydrogen-bond donors (Lipinski definition) is 0. The van der Waals surface area contributed by atoms with Crippen molar-refractivity contribution in [2.75, 3.05) is 0 Å². The fourth-order valence-electron chi connectivity index (χ4n) is 2.27. The van der Waals surface area contributed by atoms with Crippen molar-refractivity contribution in [2.45, 2.75) is 66.5 Å². The maximum absolute atomic E-state index is 6.05. The van der Waals surface area contributed by atoms with Gasteiger partial charge in [-0.3, -0.25) is 0 Å². The predicted molar refractivity (Wildman–Crippen MR) is 71.9 cm³/mol. The summed E-state index contributed by atoms with van der Waals surface area (Å²) >= 11 is 0. The lowest BCUT2D eigenvalue weighted by Gasteiger charge is -2.44. The average molecular weight is 238 g/mol. The first-order valence-electron chi connectivity index (χ1n) is 6.43. The molecule has 0 spiro atoms. The third-order valence-electron chi connectivity index (χ3n) is 3.46. The molecule has 3 atom stereocenters. The summed E-state index contributed by atoms with van der Waals surface area (Å²) in [7, 11) is 0. The Bertz CT molecular complexity index is 326. The molecule has 1 saturated heterocycles. The Kier molecular flexibility index (Phi) is 4.56. The molecule has 1 aliphatic heterocycles.